The fourth-order valence-corrected chi connectivity index (χ4v) is 2.97. The minimum Gasteiger partial charge on any atom is -0.0619 e. The first kappa shape index (κ1) is 13.8. The lowest BCUT2D eigenvalue weighted by atomic mass is 10.1. The molecule has 0 nitrogen and oxygen atoms in total. The van der Waals surface area contributed by atoms with Crippen molar-refractivity contribution in [1.82, 2.24) is 0 Å². The summed E-state index contributed by atoms with van der Waals surface area (Å²) in [6, 6.07) is 34.4. The summed E-state index contributed by atoms with van der Waals surface area (Å²) in [6.07, 6.45) is 2.24. The van der Waals surface area contributed by atoms with Gasteiger partial charge in [0.05, 0.1) is 0 Å². The molecule has 0 heterocycles. The van der Waals surface area contributed by atoms with Crippen molar-refractivity contribution in [2.45, 2.75) is 0 Å². The van der Waals surface area contributed by atoms with Crippen LogP contribution in [-0.2, 0) is 0 Å². The van der Waals surface area contributed by atoms with Crippen LogP contribution in [0.1, 0.15) is 11.1 Å². The summed E-state index contributed by atoms with van der Waals surface area (Å²) in [6.45, 7) is 0. The van der Waals surface area contributed by atoms with Crippen molar-refractivity contribution in [1.29, 1.82) is 0 Å². The highest BCUT2D eigenvalue weighted by Gasteiger charge is 2.16. The highest BCUT2D eigenvalue weighted by Crippen LogP contribution is 2.36. The molecular formula is C23H16. The zero-order valence-corrected chi connectivity index (χ0v) is 12.7. The molecule has 0 aromatic heterocycles. The van der Waals surface area contributed by atoms with E-state index in [4.69, 9.17) is 0 Å². The quantitative estimate of drug-likeness (QED) is 0.333. The molecule has 0 fully saturated rings. The fourth-order valence-electron chi connectivity index (χ4n) is 2.97. The fraction of sp³-hybridized carbons (Fsp3) is 0. The SMILES string of the molecule is [CH]1c2ccccc2-c2ccccc21.[c]1cccc2ccccc12. The van der Waals surface area contributed by atoms with E-state index in [1.165, 1.54) is 33.0 Å². The van der Waals surface area contributed by atoms with Crippen LogP contribution < -0.4 is 0 Å². The molecule has 0 heteroatoms. The molecule has 2 radical (unpaired) electrons. The second kappa shape index (κ2) is 6.10. The molecule has 0 amide bonds. The van der Waals surface area contributed by atoms with Gasteiger partial charge in [-0.2, -0.15) is 0 Å². The third-order valence-electron chi connectivity index (χ3n) is 4.09. The molecule has 23 heavy (non-hydrogen) atoms. The third-order valence-corrected chi connectivity index (χ3v) is 4.09. The van der Waals surface area contributed by atoms with E-state index in [0.717, 1.165) is 0 Å². The molecule has 1 aliphatic rings. The number of benzene rings is 4. The van der Waals surface area contributed by atoms with Crippen molar-refractivity contribution < 1.29 is 0 Å². The van der Waals surface area contributed by atoms with Crippen molar-refractivity contribution in [3.05, 3.63) is 115 Å². The molecule has 108 valence electrons. The first-order valence-corrected chi connectivity index (χ1v) is 7.80. The summed E-state index contributed by atoms with van der Waals surface area (Å²) in [5.41, 5.74) is 5.39. The summed E-state index contributed by atoms with van der Waals surface area (Å²) in [4.78, 5) is 0. The molecule has 1 aliphatic carbocycles. The van der Waals surface area contributed by atoms with Gasteiger partial charge in [0.1, 0.15) is 0 Å². The standard InChI is InChI=1S/C13H9.C10H7/c1-3-7-12-10(5-1)9-11-6-2-4-8-13(11)12;1-2-6-10-8-4-3-7-9(10)5-1/h1-9H;1-7H. The molecule has 0 saturated carbocycles. The summed E-state index contributed by atoms with van der Waals surface area (Å²) < 4.78 is 0. The molecule has 4 aromatic rings. The van der Waals surface area contributed by atoms with Crippen LogP contribution in [-0.4, -0.2) is 0 Å². The van der Waals surface area contributed by atoms with E-state index < -0.39 is 0 Å². The highest BCUT2D eigenvalue weighted by molar-refractivity contribution is 5.81. The number of fused-ring (bicyclic) bond motifs is 4. The zero-order chi connectivity index (χ0) is 15.5. The van der Waals surface area contributed by atoms with Gasteiger partial charge in [0.15, 0.2) is 0 Å². The maximum absolute atomic E-state index is 3.15. The van der Waals surface area contributed by atoms with Gasteiger partial charge in [-0.05, 0) is 39.1 Å². The number of rotatable bonds is 0. The molecule has 5 rings (SSSR count). The second-order valence-electron chi connectivity index (χ2n) is 5.58. The van der Waals surface area contributed by atoms with E-state index in [2.05, 4.69) is 79.2 Å². The molecule has 0 saturated heterocycles. The summed E-state index contributed by atoms with van der Waals surface area (Å²) >= 11 is 0. The van der Waals surface area contributed by atoms with E-state index in [1.54, 1.807) is 0 Å². The summed E-state index contributed by atoms with van der Waals surface area (Å²) in [5, 5.41) is 2.44. The van der Waals surface area contributed by atoms with Crippen molar-refractivity contribution >= 4 is 10.8 Å². The van der Waals surface area contributed by atoms with Crippen LogP contribution >= 0.6 is 0 Å². The smallest absolute Gasteiger partial charge is 0.0211 e. The van der Waals surface area contributed by atoms with Crippen LogP contribution in [0, 0.1) is 12.5 Å². The molecule has 0 unspecified atom stereocenters. The Kier molecular flexibility index (Phi) is 3.65. The largest absolute Gasteiger partial charge is 0.0619 e. The average molecular weight is 292 g/mol. The van der Waals surface area contributed by atoms with Crippen LogP contribution in [0.2, 0.25) is 0 Å². The normalized spacial score (nSPS) is 11.3. The molecule has 0 bridgehead atoms. The van der Waals surface area contributed by atoms with Gasteiger partial charge in [-0.25, -0.2) is 0 Å². The van der Waals surface area contributed by atoms with Crippen molar-refractivity contribution in [2.24, 2.45) is 0 Å². The predicted octanol–water partition coefficient (Wildman–Crippen LogP) is 5.91. The lowest BCUT2D eigenvalue weighted by molar-refractivity contribution is 1.54. The van der Waals surface area contributed by atoms with Crippen LogP contribution in [0.4, 0.5) is 0 Å². The van der Waals surface area contributed by atoms with E-state index in [1.807, 2.05) is 24.3 Å². The monoisotopic (exact) mass is 292 g/mol. The minimum absolute atomic E-state index is 1.19. The van der Waals surface area contributed by atoms with Gasteiger partial charge >= 0.3 is 0 Å². The Bertz CT molecular complexity index is 841. The average Bonchev–Trinajstić information content (AvgIpc) is 3.01. The van der Waals surface area contributed by atoms with Crippen molar-refractivity contribution in [3.63, 3.8) is 0 Å². The molecule has 0 N–H and O–H groups in total. The Morgan fingerprint density at radius 2 is 1.09 bits per heavy atom. The van der Waals surface area contributed by atoms with Crippen LogP contribution in [0.15, 0.2) is 91.0 Å². The van der Waals surface area contributed by atoms with E-state index in [9.17, 15) is 0 Å². The summed E-state index contributed by atoms with van der Waals surface area (Å²) in [7, 11) is 0. The lowest BCUT2D eigenvalue weighted by Crippen LogP contribution is -1.74. The molecule has 0 atom stereocenters. The van der Waals surface area contributed by atoms with Gasteiger partial charge in [0.25, 0.3) is 0 Å². The molecule has 0 aliphatic heterocycles. The van der Waals surface area contributed by atoms with E-state index >= 15 is 0 Å². The van der Waals surface area contributed by atoms with Gasteiger partial charge in [0.2, 0.25) is 0 Å². The van der Waals surface area contributed by atoms with Crippen molar-refractivity contribution in [3.8, 4) is 11.1 Å². The highest BCUT2D eigenvalue weighted by atomic mass is 14.2. The van der Waals surface area contributed by atoms with Gasteiger partial charge in [0, 0.05) is 6.42 Å². The third kappa shape index (κ3) is 2.76. The Labute approximate surface area is 137 Å². The number of hydrogen-bond donors (Lipinski definition) is 0. The molecular weight excluding hydrogens is 276 g/mol. The van der Waals surface area contributed by atoms with E-state index in [-0.39, 0.29) is 0 Å². The number of hydrogen-bond acceptors (Lipinski definition) is 0. The minimum atomic E-state index is 1.19. The van der Waals surface area contributed by atoms with Gasteiger partial charge in [-0.3, -0.25) is 0 Å². The Morgan fingerprint density at radius 3 is 1.78 bits per heavy atom. The van der Waals surface area contributed by atoms with Crippen LogP contribution in [0.3, 0.4) is 0 Å². The van der Waals surface area contributed by atoms with Crippen molar-refractivity contribution in [2.75, 3.05) is 0 Å². The van der Waals surface area contributed by atoms with Gasteiger partial charge < -0.3 is 0 Å². The van der Waals surface area contributed by atoms with Crippen LogP contribution in [0.5, 0.6) is 0 Å². The predicted molar refractivity (Wildman–Crippen MR) is 97.2 cm³/mol. The molecule has 4 aromatic carbocycles. The van der Waals surface area contributed by atoms with E-state index in [0.29, 0.717) is 0 Å². The summed E-state index contributed by atoms with van der Waals surface area (Å²) in [5.74, 6) is 0. The zero-order valence-electron chi connectivity index (χ0n) is 12.7. The first-order valence-electron chi connectivity index (χ1n) is 7.80. The van der Waals surface area contributed by atoms with Crippen LogP contribution in [0.25, 0.3) is 21.9 Å². The molecule has 0 spiro atoms. The topological polar surface area (TPSA) is 0 Å². The Hall–Kier alpha value is -2.86. The Morgan fingerprint density at radius 1 is 0.522 bits per heavy atom. The maximum Gasteiger partial charge on any atom is 0.0211 e. The Balaban J connectivity index is 0.000000122. The van der Waals surface area contributed by atoms with Gasteiger partial charge in [-0.15, -0.1) is 0 Å². The first-order chi connectivity index (χ1) is 11.4. The maximum atomic E-state index is 3.15. The lowest BCUT2D eigenvalue weighted by Gasteiger charge is -1.97. The second-order valence-corrected chi connectivity index (χ2v) is 5.58. The van der Waals surface area contributed by atoms with Gasteiger partial charge in [-0.1, -0.05) is 91.0 Å².